The van der Waals surface area contributed by atoms with E-state index in [1.807, 2.05) is 37.3 Å². The quantitative estimate of drug-likeness (QED) is 0.839. The second-order valence-electron chi connectivity index (χ2n) is 4.12. The summed E-state index contributed by atoms with van der Waals surface area (Å²) in [5.74, 6) is 0.831. The number of aromatic nitrogens is 1. The lowest BCUT2D eigenvalue weighted by Gasteiger charge is -2.10. The van der Waals surface area contributed by atoms with Gasteiger partial charge in [0.25, 0.3) is 0 Å². The molecule has 3 nitrogen and oxygen atoms in total. The van der Waals surface area contributed by atoms with Crippen LogP contribution in [0, 0.1) is 6.92 Å². The molecule has 0 aliphatic rings. The molecule has 0 spiro atoms. The number of nitrogens with one attached hydrogen (secondary N) is 1. The smallest absolute Gasteiger partial charge is 0.122 e. The molecule has 0 bridgehead atoms. The Hall–Kier alpha value is -1.07. The summed E-state index contributed by atoms with van der Waals surface area (Å²) in [7, 11) is 1.66. The number of hydrogen-bond donors (Lipinski definition) is 1. The van der Waals surface area contributed by atoms with E-state index in [-0.39, 0.29) is 0 Å². The highest BCUT2D eigenvalue weighted by atomic mass is 79.9. The van der Waals surface area contributed by atoms with E-state index in [0.717, 1.165) is 31.8 Å². The lowest BCUT2D eigenvalue weighted by Crippen LogP contribution is -2.03. The molecule has 0 atom stereocenters. The molecular weight excluding hydrogens is 372 g/mol. The Labute approximate surface area is 129 Å². The number of ether oxygens (including phenoxy) is 1. The number of pyridine rings is 1. The minimum Gasteiger partial charge on any atom is -0.497 e. The summed E-state index contributed by atoms with van der Waals surface area (Å²) in [5.41, 5.74) is 2.92. The summed E-state index contributed by atoms with van der Waals surface area (Å²) in [6.07, 6.45) is 0. The van der Waals surface area contributed by atoms with Crippen molar-refractivity contribution in [3.05, 3.63) is 50.7 Å². The van der Waals surface area contributed by atoms with Gasteiger partial charge in [0.1, 0.15) is 5.75 Å². The van der Waals surface area contributed by atoms with Gasteiger partial charge in [0.15, 0.2) is 0 Å². The molecule has 0 saturated heterocycles. The molecule has 1 heterocycles. The van der Waals surface area contributed by atoms with Gasteiger partial charge in [-0.2, -0.15) is 0 Å². The number of anilines is 1. The largest absolute Gasteiger partial charge is 0.497 e. The predicted octanol–water partition coefficient (Wildman–Crippen LogP) is 4.54. The molecule has 1 aromatic carbocycles. The SMILES string of the molecule is COc1cc(C)nc(CNc2cc(Br)ccc2Br)c1. The first-order chi connectivity index (χ1) is 9.08. The van der Waals surface area contributed by atoms with Gasteiger partial charge in [-0.25, -0.2) is 0 Å². The molecule has 2 rings (SSSR count). The monoisotopic (exact) mass is 384 g/mol. The first kappa shape index (κ1) is 14.3. The topological polar surface area (TPSA) is 34.1 Å². The van der Waals surface area contributed by atoms with Crippen LogP contribution in [0.2, 0.25) is 0 Å². The maximum Gasteiger partial charge on any atom is 0.122 e. The summed E-state index contributed by atoms with van der Waals surface area (Å²) in [5, 5.41) is 3.35. The summed E-state index contributed by atoms with van der Waals surface area (Å²) in [4.78, 5) is 4.48. The fourth-order valence-corrected chi connectivity index (χ4v) is 2.48. The lowest BCUT2D eigenvalue weighted by molar-refractivity contribution is 0.413. The van der Waals surface area contributed by atoms with Gasteiger partial charge >= 0.3 is 0 Å². The van der Waals surface area contributed by atoms with Crippen LogP contribution in [-0.2, 0) is 6.54 Å². The standard InChI is InChI=1S/C14H14Br2N2O/c1-9-5-12(19-2)7-11(18-9)8-17-14-6-10(15)3-4-13(14)16/h3-7,17H,8H2,1-2H3. The van der Waals surface area contributed by atoms with Gasteiger partial charge < -0.3 is 10.1 Å². The number of methoxy groups -OCH3 is 1. The van der Waals surface area contributed by atoms with E-state index in [0.29, 0.717) is 6.54 Å². The van der Waals surface area contributed by atoms with E-state index in [1.165, 1.54) is 0 Å². The number of aryl methyl sites for hydroxylation is 1. The summed E-state index contributed by atoms with van der Waals surface area (Å²) < 4.78 is 7.30. The Bertz CT molecular complexity index is 588. The lowest BCUT2D eigenvalue weighted by atomic mass is 10.2. The van der Waals surface area contributed by atoms with Gasteiger partial charge in [-0.15, -0.1) is 0 Å². The third-order valence-corrected chi connectivity index (χ3v) is 3.79. The van der Waals surface area contributed by atoms with Crippen molar-refractivity contribution >= 4 is 37.5 Å². The van der Waals surface area contributed by atoms with E-state index < -0.39 is 0 Å². The summed E-state index contributed by atoms with van der Waals surface area (Å²) in [6, 6.07) is 9.86. The van der Waals surface area contributed by atoms with Crippen molar-refractivity contribution in [3.63, 3.8) is 0 Å². The van der Waals surface area contributed by atoms with Gasteiger partial charge in [-0.05, 0) is 41.1 Å². The molecule has 0 fully saturated rings. The molecule has 0 aliphatic carbocycles. The van der Waals surface area contributed by atoms with Crippen molar-refractivity contribution in [2.24, 2.45) is 0 Å². The van der Waals surface area contributed by atoms with E-state index in [2.05, 4.69) is 42.2 Å². The van der Waals surface area contributed by atoms with Crippen LogP contribution < -0.4 is 10.1 Å². The Kier molecular flexibility index (Phi) is 4.82. The fraction of sp³-hybridized carbons (Fsp3) is 0.214. The van der Waals surface area contributed by atoms with Crippen LogP contribution in [0.5, 0.6) is 5.75 Å². The highest BCUT2D eigenvalue weighted by Crippen LogP contribution is 2.26. The molecule has 0 saturated carbocycles. The van der Waals surface area contributed by atoms with Crippen molar-refractivity contribution < 1.29 is 4.74 Å². The third-order valence-electron chi connectivity index (χ3n) is 2.60. The average molecular weight is 386 g/mol. The van der Waals surface area contributed by atoms with Crippen molar-refractivity contribution in [1.29, 1.82) is 0 Å². The summed E-state index contributed by atoms with van der Waals surface area (Å²) in [6.45, 7) is 2.61. The Morgan fingerprint density at radius 3 is 2.74 bits per heavy atom. The highest BCUT2D eigenvalue weighted by molar-refractivity contribution is 9.11. The first-order valence-electron chi connectivity index (χ1n) is 5.79. The molecule has 0 unspecified atom stereocenters. The minimum absolute atomic E-state index is 0.646. The number of nitrogens with zero attached hydrogens (tertiary/aromatic N) is 1. The molecule has 0 radical (unpaired) electrons. The van der Waals surface area contributed by atoms with E-state index in [1.54, 1.807) is 7.11 Å². The normalized spacial score (nSPS) is 10.3. The molecule has 5 heteroatoms. The maximum absolute atomic E-state index is 5.25. The van der Waals surface area contributed by atoms with Crippen LogP contribution in [0.25, 0.3) is 0 Å². The molecule has 1 N–H and O–H groups in total. The number of hydrogen-bond acceptors (Lipinski definition) is 3. The molecule has 0 aliphatic heterocycles. The first-order valence-corrected chi connectivity index (χ1v) is 7.37. The minimum atomic E-state index is 0.646. The van der Waals surface area contributed by atoms with Gasteiger partial charge in [0.2, 0.25) is 0 Å². The van der Waals surface area contributed by atoms with Crippen molar-refractivity contribution in [2.45, 2.75) is 13.5 Å². The third kappa shape index (κ3) is 3.94. The van der Waals surface area contributed by atoms with Crippen LogP contribution in [0.15, 0.2) is 39.3 Å². The fourth-order valence-electron chi connectivity index (χ4n) is 1.73. The van der Waals surface area contributed by atoms with Crippen LogP contribution in [0.1, 0.15) is 11.4 Å². The molecule has 0 amide bonds. The number of benzene rings is 1. The zero-order chi connectivity index (χ0) is 13.8. The van der Waals surface area contributed by atoms with Gasteiger partial charge in [0.05, 0.1) is 19.3 Å². The van der Waals surface area contributed by atoms with Gasteiger partial charge in [-0.1, -0.05) is 15.9 Å². The number of rotatable bonds is 4. The molecular formula is C14H14Br2N2O. The Balaban J connectivity index is 2.14. The summed E-state index contributed by atoms with van der Waals surface area (Å²) >= 11 is 6.98. The van der Waals surface area contributed by atoms with E-state index in [4.69, 9.17) is 4.74 Å². The van der Waals surface area contributed by atoms with Crippen LogP contribution >= 0.6 is 31.9 Å². The van der Waals surface area contributed by atoms with Gasteiger partial charge in [0, 0.05) is 32.5 Å². The average Bonchev–Trinajstić information content (AvgIpc) is 2.39. The molecule has 1 aromatic heterocycles. The zero-order valence-electron chi connectivity index (χ0n) is 10.7. The van der Waals surface area contributed by atoms with Crippen LogP contribution in [0.3, 0.4) is 0 Å². The molecule has 19 heavy (non-hydrogen) atoms. The van der Waals surface area contributed by atoms with Crippen molar-refractivity contribution in [1.82, 2.24) is 4.98 Å². The zero-order valence-corrected chi connectivity index (χ0v) is 13.9. The van der Waals surface area contributed by atoms with E-state index >= 15 is 0 Å². The maximum atomic E-state index is 5.25. The van der Waals surface area contributed by atoms with Crippen molar-refractivity contribution in [2.75, 3.05) is 12.4 Å². The predicted molar refractivity (Wildman–Crippen MR) is 84.7 cm³/mol. The Morgan fingerprint density at radius 1 is 1.21 bits per heavy atom. The van der Waals surface area contributed by atoms with Gasteiger partial charge in [-0.3, -0.25) is 4.98 Å². The number of halogens is 2. The van der Waals surface area contributed by atoms with E-state index in [9.17, 15) is 0 Å². The second-order valence-corrected chi connectivity index (χ2v) is 5.89. The van der Waals surface area contributed by atoms with Crippen LogP contribution in [-0.4, -0.2) is 12.1 Å². The van der Waals surface area contributed by atoms with Crippen molar-refractivity contribution in [3.8, 4) is 5.75 Å². The molecule has 100 valence electrons. The highest BCUT2D eigenvalue weighted by Gasteiger charge is 2.03. The molecule has 2 aromatic rings. The Morgan fingerprint density at radius 2 is 2.00 bits per heavy atom. The van der Waals surface area contributed by atoms with Crippen LogP contribution in [0.4, 0.5) is 5.69 Å². The second kappa shape index (κ2) is 6.39.